The van der Waals surface area contributed by atoms with Crippen molar-refractivity contribution < 1.29 is 11.6 Å². The molecule has 0 atom stereocenters. The van der Waals surface area contributed by atoms with Crippen LogP contribution in [0.5, 0.6) is 0 Å². The first-order valence-electron chi connectivity index (χ1n) is 9.65. The van der Waals surface area contributed by atoms with Crippen molar-refractivity contribution in [1.29, 1.82) is 0 Å². The summed E-state index contributed by atoms with van der Waals surface area (Å²) in [6.07, 6.45) is 13.0. The molecule has 2 fully saturated rings. The molecule has 0 N–H and O–H groups in total. The van der Waals surface area contributed by atoms with Crippen molar-refractivity contribution in [2.75, 3.05) is 0 Å². The standard InChI is InChI=1S/C22H30F2.CH4.2H2/c1-3-4-16-6-8-17(9-7-16)18-10-12-19(13-11-18)20-14-5-15(2)21(23)22(20)24;;;/h3,5,14,16-19H,1,4,6-13H2,2H3;1H4;2*1H. The van der Waals surface area contributed by atoms with E-state index < -0.39 is 11.6 Å². The molecule has 0 aromatic heterocycles. The van der Waals surface area contributed by atoms with E-state index in [0.29, 0.717) is 11.1 Å². The van der Waals surface area contributed by atoms with Crippen LogP contribution in [0, 0.1) is 36.3 Å². The molecule has 2 aliphatic carbocycles. The van der Waals surface area contributed by atoms with Crippen LogP contribution in [0.25, 0.3) is 0 Å². The van der Waals surface area contributed by atoms with Gasteiger partial charge < -0.3 is 0 Å². The van der Waals surface area contributed by atoms with Crippen molar-refractivity contribution in [3.63, 3.8) is 0 Å². The normalized spacial score (nSPS) is 29.7. The van der Waals surface area contributed by atoms with Crippen LogP contribution in [0.1, 0.15) is 85.1 Å². The number of rotatable bonds is 4. The Balaban J connectivity index is 0.00000225. The fraction of sp³-hybridized carbons (Fsp3) is 0.652. The van der Waals surface area contributed by atoms with Gasteiger partial charge in [0, 0.05) is 2.85 Å². The molecule has 0 spiro atoms. The average Bonchev–Trinajstić information content (AvgIpc) is 2.61. The molecule has 0 unspecified atom stereocenters. The molecular weight excluding hydrogens is 314 g/mol. The number of aryl methyl sites for hydroxylation is 1. The van der Waals surface area contributed by atoms with E-state index in [2.05, 4.69) is 12.7 Å². The van der Waals surface area contributed by atoms with Gasteiger partial charge in [0.25, 0.3) is 0 Å². The molecule has 0 amide bonds. The first-order valence-corrected chi connectivity index (χ1v) is 9.65. The number of hydrogen-bond acceptors (Lipinski definition) is 0. The number of allylic oxidation sites excluding steroid dienone is 1. The molecule has 1 aromatic carbocycles. The van der Waals surface area contributed by atoms with Gasteiger partial charge in [-0.3, -0.25) is 0 Å². The Morgan fingerprint density at radius 3 is 2.08 bits per heavy atom. The first-order chi connectivity index (χ1) is 11.6. The van der Waals surface area contributed by atoms with Gasteiger partial charge in [-0.2, -0.15) is 0 Å². The second-order valence-corrected chi connectivity index (χ2v) is 8.02. The third-order valence-corrected chi connectivity index (χ3v) is 6.58. The third-order valence-electron chi connectivity index (χ3n) is 6.58. The SMILES string of the molecule is C.C=CCC1CCC(C2CCC(c3ccc(C)c(F)c3F)CC2)CC1.[HH].[HH]. The van der Waals surface area contributed by atoms with Gasteiger partial charge in [0.05, 0.1) is 0 Å². The molecule has 2 heteroatoms. The van der Waals surface area contributed by atoms with Crippen LogP contribution < -0.4 is 0 Å². The summed E-state index contributed by atoms with van der Waals surface area (Å²) in [5.41, 5.74) is 1.01. The second-order valence-electron chi connectivity index (χ2n) is 8.02. The predicted octanol–water partition coefficient (Wildman–Crippen LogP) is 8.06. The Morgan fingerprint density at radius 2 is 1.52 bits per heavy atom. The lowest BCUT2D eigenvalue weighted by Crippen LogP contribution is -2.25. The van der Waals surface area contributed by atoms with Crippen LogP contribution in [0.3, 0.4) is 0 Å². The highest BCUT2D eigenvalue weighted by molar-refractivity contribution is 5.28. The number of hydrogen-bond donors (Lipinski definition) is 0. The van der Waals surface area contributed by atoms with Gasteiger partial charge in [-0.25, -0.2) is 8.78 Å². The molecule has 0 saturated heterocycles. The zero-order valence-electron chi connectivity index (χ0n) is 14.9. The van der Waals surface area contributed by atoms with Gasteiger partial charge in [-0.05, 0) is 99.5 Å². The summed E-state index contributed by atoms with van der Waals surface area (Å²) in [5.74, 6) is 1.43. The zero-order chi connectivity index (χ0) is 17.1. The van der Waals surface area contributed by atoms with E-state index in [1.54, 1.807) is 19.1 Å². The minimum atomic E-state index is -0.657. The predicted molar refractivity (Wildman–Crippen MR) is 107 cm³/mol. The summed E-state index contributed by atoms with van der Waals surface area (Å²) in [4.78, 5) is 0. The second kappa shape index (κ2) is 8.96. The lowest BCUT2D eigenvalue weighted by molar-refractivity contribution is 0.160. The van der Waals surface area contributed by atoms with E-state index in [0.717, 1.165) is 37.0 Å². The van der Waals surface area contributed by atoms with Gasteiger partial charge in [0.15, 0.2) is 11.6 Å². The zero-order valence-corrected chi connectivity index (χ0v) is 14.9. The minimum absolute atomic E-state index is 0. The van der Waals surface area contributed by atoms with Crippen molar-refractivity contribution >= 4 is 0 Å². The van der Waals surface area contributed by atoms with E-state index in [9.17, 15) is 8.78 Å². The van der Waals surface area contributed by atoms with E-state index in [1.807, 2.05) is 0 Å². The van der Waals surface area contributed by atoms with Crippen LogP contribution in [-0.2, 0) is 0 Å². The molecule has 0 nitrogen and oxygen atoms in total. The van der Waals surface area contributed by atoms with Crippen LogP contribution >= 0.6 is 0 Å². The summed E-state index contributed by atoms with van der Waals surface area (Å²) in [6.45, 7) is 5.49. The highest BCUT2D eigenvalue weighted by Gasteiger charge is 2.32. The van der Waals surface area contributed by atoms with Gasteiger partial charge in [0.1, 0.15) is 0 Å². The summed E-state index contributed by atoms with van der Waals surface area (Å²) in [5, 5.41) is 0. The van der Waals surface area contributed by atoms with Gasteiger partial charge in [-0.15, -0.1) is 6.58 Å². The topological polar surface area (TPSA) is 0 Å². The molecule has 0 aliphatic heterocycles. The van der Waals surface area contributed by atoms with Crippen molar-refractivity contribution in [2.24, 2.45) is 17.8 Å². The largest absolute Gasteiger partial charge is 0.203 e. The molecule has 3 rings (SSSR count). The van der Waals surface area contributed by atoms with Crippen molar-refractivity contribution in [3.8, 4) is 0 Å². The molecule has 0 heterocycles. The van der Waals surface area contributed by atoms with E-state index in [4.69, 9.17) is 0 Å². The fourth-order valence-corrected chi connectivity index (χ4v) is 5.01. The lowest BCUT2D eigenvalue weighted by atomic mass is 9.68. The molecule has 25 heavy (non-hydrogen) atoms. The van der Waals surface area contributed by atoms with E-state index in [-0.39, 0.29) is 16.2 Å². The highest BCUT2D eigenvalue weighted by atomic mass is 19.2. The summed E-state index contributed by atoms with van der Waals surface area (Å²) < 4.78 is 28.1. The van der Waals surface area contributed by atoms with Crippen LogP contribution in [0.4, 0.5) is 8.78 Å². The highest BCUT2D eigenvalue weighted by Crippen LogP contribution is 2.44. The summed E-state index contributed by atoms with van der Waals surface area (Å²) in [7, 11) is 0. The summed E-state index contributed by atoms with van der Waals surface area (Å²) >= 11 is 0. The van der Waals surface area contributed by atoms with E-state index in [1.165, 1.54) is 38.5 Å². The minimum Gasteiger partial charge on any atom is -0.203 e. The Labute approximate surface area is 155 Å². The van der Waals surface area contributed by atoms with Crippen molar-refractivity contribution in [3.05, 3.63) is 47.5 Å². The molecule has 2 saturated carbocycles. The molecule has 1 aromatic rings. The maximum atomic E-state index is 14.2. The number of benzene rings is 1. The van der Waals surface area contributed by atoms with Crippen LogP contribution in [-0.4, -0.2) is 0 Å². The average molecular weight is 353 g/mol. The van der Waals surface area contributed by atoms with Gasteiger partial charge in [0.2, 0.25) is 0 Å². The van der Waals surface area contributed by atoms with Crippen LogP contribution in [0.15, 0.2) is 24.8 Å². The monoisotopic (exact) mass is 352 g/mol. The maximum absolute atomic E-state index is 14.2. The molecule has 0 bridgehead atoms. The van der Waals surface area contributed by atoms with Crippen molar-refractivity contribution in [2.45, 2.75) is 78.1 Å². The van der Waals surface area contributed by atoms with E-state index >= 15 is 0 Å². The third kappa shape index (κ3) is 4.51. The maximum Gasteiger partial charge on any atom is 0.162 e. The fourth-order valence-electron chi connectivity index (χ4n) is 5.01. The molecule has 0 radical (unpaired) electrons. The Morgan fingerprint density at radius 1 is 0.960 bits per heavy atom. The Kier molecular flexibility index (Phi) is 7.22. The quantitative estimate of drug-likeness (QED) is 0.481. The Bertz CT molecular complexity index is 572. The Hall–Kier alpha value is -1.18. The summed E-state index contributed by atoms with van der Waals surface area (Å²) in [6, 6.07) is 3.53. The van der Waals surface area contributed by atoms with Crippen molar-refractivity contribution in [1.82, 2.24) is 0 Å². The van der Waals surface area contributed by atoms with Gasteiger partial charge >= 0.3 is 0 Å². The smallest absolute Gasteiger partial charge is 0.162 e. The number of halogens is 2. The van der Waals surface area contributed by atoms with Gasteiger partial charge in [-0.1, -0.05) is 25.6 Å². The molecular formula is C23H38F2. The molecule has 2 aliphatic rings. The van der Waals surface area contributed by atoms with Crippen LogP contribution in [0.2, 0.25) is 0 Å². The lowest BCUT2D eigenvalue weighted by Gasteiger charge is -2.38. The first kappa shape index (κ1) is 20.1. The molecule has 144 valence electrons.